The molecule has 0 saturated carbocycles. The minimum Gasteiger partial charge on any atom is -0.316 e. The molecule has 2 heterocycles. The maximum atomic E-state index is 12.0. The predicted molar refractivity (Wildman–Crippen MR) is 73.0 cm³/mol. The van der Waals surface area contributed by atoms with E-state index in [9.17, 15) is 8.42 Å². The highest BCUT2D eigenvalue weighted by Crippen LogP contribution is 2.15. The molecule has 2 saturated heterocycles. The standard InChI is InChI=1S/C12H25N3O2S/c1-15-7-3-5-12(15)9-14-18(16,17)10-11-4-2-6-13-8-11/h11-14H,2-10H2,1H3. The number of hydrogen-bond acceptors (Lipinski definition) is 4. The zero-order valence-corrected chi connectivity index (χ0v) is 12.0. The number of hydrogen-bond donors (Lipinski definition) is 2. The van der Waals surface area contributed by atoms with Gasteiger partial charge in [-0.2, -0.15) is 0 Å². The highest BCUT2D eigenvalue weighted by Gasteiger charge is 2.25. The third kappa shape index (κ3) is 4.19. The molecule has 2 fully saturated rings. The van der Waals surface area contributed by atoms with Gasteiger partial charge < -0.3 is 10.2 Å². The Morgan fingerprint density at radius 2 is 2.17 bits per heavy atom. The summed E-state index contributed by atoms with van der Waals surface area (Å²) in [6, 6.07) is 0.379. The molecular formula is C12H25N3O2S. The van der Waals surface area contributed by atoms with Gasteiger partial charge in [0.05, 0.1) is 5.75 Å². The van der Waals surface area contributed by atoms with Gasteiger partial charge in [0.25, 0.3) is 0 Å². The highest BCUT2D eigenvalue weighted by atomic mass is 32.2. The average Bonchev–Trinajstić information content (AvgIpc) is 2.73. The van der Waals surface area contributed by atoms with Crippen LogP contribution in [-0.2, 0) is 10.0 Å². The number of nitrogens with zero attached hydrogens (tertiary/aromatic N) is 1. The Hall–Kier alpha value is -0.170. The van der Waals surface area contributed by atoms with Crippen LogP contribution in [-0.4, -0.2) is 58.3 Å². The van der Waals surface area contributed by atoms with Crippen molar-refractivity contribution in [2.45, 2.75) is 31.7 Å². The van der Waals surface area contributed by atoms with Crippen molar-refractivity contribution in [2.75, 3.05) is 39.0 Å². The second-order valence-corrected chi connectivity index (χ2v) is 7.47. The maximum Gasteiger partial charge on any atom is 0.211 e. The molecule has 2 atom stereocenters. The predicted octanol–water partition coefficient (Wildman–Crippen LogP) is -0.000400. The Labute approximate surface area is 110 Å². The van der Waals surface area contributed by atoms with Crippen LogP contribution in [0.2, 0.25) is 0 Å². The first-order valence-electron chi connectivity index (χ1n) is 6.95. The third-order valence-corrected chi connectivity index (χ3v) is 5.58. The molecule has 0 bridgehead atoms. The third-order valence-electron chi connectivity index (χ3n) is 4.06. The molecule has 2 unspecified atom stereocenters. The van der Waals surface area contributed by atoms with E-state index in [0.717, 1.165) is 38.9 Å². The molecule has 0 aromatic rings. The van der Waals surface area contributed by atoms with E-state index in [4.69, 9.17) is 0 Å². The number of sulfonamides is 1. The number of rotatable bonds is 5. The van der Waals surface area contributed by atoms with Crippen LogP contribution in [0.3, 0.4) is 0 Å². The van der Waals surface area contributed by atoms with Crippen LogP contribution in [0.25, 0.3) is 0 Å². The SMILES string of the molecule is CN1CCCC1CNS(=O)(=O)CC1CCCNC1. The van der Waals surface area contributed by atoms with Gasteiger partial charge in [0.1, 0.15) is 0 Å². The average molecular weight is 275 g/mol. The van der Waals surface area contributed by atoms with Gasteiger partial charge in [-0.15, -0.1) is 0 Å². The Balaban J connectivity index is 1.76. The van der Waals surface area contributed by atoms with E-state index >= 15 is 0 Å². The molecule has 0 amide bonds. The molecule has 2 rings (SSSR count). The van der Waals surface area contributed by atoms with Crippen molar-refractivity contribution < 1.29 is 8.42 Å². The van der Waals surface area contributed by atoms with Crippen LogP contribution >= 0.6 is 0 Å². The summed E-state index contributed by atoms with van der Waals surface area (Å²) < 4.78 is 26.8. The van der Waals surface area contributed by atoms with Crippen LogP contribution in [0.15, 0.2) is 0 Å². The molecule has 0 aromatic heterocycles. The van der Waals surface area contributed by atoms with Crippen molar-refractivity contribution in [1.82, 2.24) is 14.9 Å². The van der Waals surface area contributed by atoms with Crippen LogP contribution in [0.1, 0.15) is 25.7 Å². The minimum atomic E-state index is -3.11. The van der Waals surface area contributed by atoms with Gasteiger partial charge in [0, 0.05) is 12.6 Å². The number of nitrogens with one attached hydrogen (secondary N) is 2. The summed E-state index contributed by atoms with van der Waals surface area (Å²) in [6.45, 7) is 3.51. The molecular weight excluding hydrogens is 250 g/mol. The number of likely N-dealkylation sites (tertiary alicyclic amines) is 1. The fourth-order valence-corrected chi connectivity index (χ4v) is 4.37. The van der Waals surface area contributed by atoms with E-state index in [1.807, 2.05) is 0 Å². The van der Waals surface area contributed by atoms with Crippen LogP contribution in [0, 0.1) is 5.92 Å². The smallest absolute Gasteiger partial charge is 0.211 e. The summed E-state index contributed by atoms with van der Waals surface area (Å²) in [5.74, 6) is 0.550. The Kier molecular flexibility index (Phi) is 5.00. The lowest BCUT2D eigenvalue weighted by atomic mass is 10.0. The van der Waals surface area contributed by atoms with Crippen LogP contribution in [0.4, 0.5) is 0 Å². The van der Waals surface area contributed by atoms with Gasteiger partial charge in [-0.1, -0.05) is 0 Å². The van der Waals surface area contributed by atoms with Gasteiger partial charge in [-0.3, -0.25) is 0 Å². The molecule has 0 aromatic carbocycles. The highest BCUT2D eigenvalue weighted by molar-refractivity contribution is 7.89. The van der Waals surface area contributed by atoms with Gasteiger partial charge in [-0.25, -0.2) is 13.1 Å². The van der Waals surface area contributed by atoms with Crippen molar-refractivity contribution >= 4 is 10.0 Å². The van der Waals surface area contributed by atoms with Gasteiger partial charge >= 0.3 is 0 Å². The lowest BCUT2D eigenvalue weighted by Gasteiger charge is -2.24. The molecule has 2 aliphatic heterocycles. The Bertz CT molecular complexity index is 352. The maximum absolute atomic E-state index is 12.0. The van der Waals surface area contributed by atoms with Crippen LogP contribution < -0.4 is 10.0 Å². The molecule has 2 N–H and O–H groups in total. The molecule has 18 heavy (non-hydrogen) atoms. The summed E-state index contributed by atoms with van der Waals surface area (Å²) in [6.07, 6.45) is 4.39. The lowest BCUT2D eigenvalue weighted by Crippen LogP contribution is -2.42. The summed E-state index contributed by atoms with van der Waals surface area (Å²) in [5, 5.41) is 3.26. The molecule has 0 aliphatic carbocycles. The topological polar surface area (TPSA) is 61.4 Å². The first-order valence-corrected chi connectivity index (χ1v) is 8.60. The first-order chi connectivity index (χ1) is 8.57. The second-order valence-electron chi connectivity index (χ2n) is 5.62. The van der Waals surface area contributed by atoms with E-state index in [0.29, 0.717) is 12.6 Å². The Morgan fingerprint density at radius 1 is 1.33 bits per heavy atom. The van der Waals surface area contributed by atoms with Crippen molar-refractivity contribution in [3.8, 4) is 0 Å². The van der Waals surface area contributed by atoms with Crippen molar-refractivity contribution in [2.24, 2.45) is 5.92 Å². The molecule has 2 aliphatic rings. The van der Waals surface area contributed by atoms with E-state index in [1.54, 1.807) is 0 Å². The van der Waals surface area contributed by atoms with Gasteiger partial charge in [0.2, 0.25) is 10.0 Å². The number of piperidine rings is 1. The molecule has 0 radical (unpaired) electrons. The molecule has 6 heteroatoms. The zero-order valence-electron chi connectivity index (χ0n) is 11.2. The summed E-state index contributed by atoms with van der Waals surface area (Å²) in [7, 11) is -1.04. The number of likely N-dealkylation sites (N-methyl/N-ethyl adjacent to an activating group) is 1. The summed E-state index contributed by atoms with van der Waals surface area (Å²) >= 11 is 0. The largest absolute Gasteiger partial charge is 0.316 e. The van der Waals surface area contributed by atoms with E-state index in [-0.39, 0.29) is 11.7 Å². The fourth-order valence-electron chi connectivity index (χ4n) is 2.90. The molecule has 0 spiro atoms. The van der Waals surface area contributed by atoms with E-state index < -0.39 is 10.0 Å². The van der Waals surface area contributed by atoms with Gasteiger partial charge in [-0.05, 0) is 58.3 Å². The quantitative estimate of drug-likeness (QED) is 0.741. The minimum absolute atomic E-state index is 0.274. The fraction of sp³-hybridized carbons (Fsp3) is 1.00. The molecule has 106 valence electrons. The van der Waals surface area contributed by atoms with E-state index in [1.165, 1.54) is 6.42 Å². The summed E-state index contributed by atoms with van der Waals surface area (Å²) in [4.78, 5) is 2.24. The van der Waals surface area contributed by atoms with Crippen molar-refractivity contribution in [3.05, 3.63) is 0 Å². The van der Waals surface area contributed by atoms with Crippen LogP contribution in [0.5, 0.6) is 0 Å². The van der Waals surface area contributed by atoms with Crippen molar-refractivity contribution in [1.29, 1.82) is 0 Å². The zero-order chi connectivity index (χ0) is 13.0. The lowest BCUT2D eigenvalue weighted by molar-refractivity contribution is 0.310. The monoisotopic (exact) mass is 275 g/mol. The normalized spacial score (nSPS) is 30.7. The van der Waals surface area contributed by atoms with Crippen molar-refractivity contribution in [3.63, 3.8) is 0 Å². The van der Waals surface area contributed by atoms with Gasteiger partial charge in [0.15, 0.2) is 0 Å². The summed E-state index contributed by atoms with van der Waals surface area (Å²) in [5.41, 5.74) is 0. The second kappa shape index (κ2) is 6.32. The van der Waals surface area contributed by atoms with E-state index in [2.05, 4.69) is 22.0 Å². The Morgan fingerprint density at radius 3 is 2.78 bits per heavy atom. The first kappa shape index (κ1) is 14.2. The molecule has 5 nitrogen and oxygen atoms in total.